The molecule has 2 aliphatic heterocycles. The molecule has 0 unspecified atom stereocenters. The Morgan fingerprint density at radius 2 is 2.25 bits per heavy atom. The summed E-state index contributed by atoms with van der Waals surface area (Å²) in [5, 5.41) is 9.59. The molecule has 70 valence electrons. The SMILES string of the molecule is CC[C@]12CO[C@](C)(C[C@H](O)C1)O2. The Hall–Kier alpha value is -0.120. The zero-order valence-electron chi connectivity index (χ0n) is 7.67. The van der Waals surface area contributed by atoms with Crippen LogP contribution in [0.3, 0.4) is 0 Å². The molecule has 2 bridgehead atoms. The third-order valence-electron chi connectivity index (χ3n) is 2.93. The summed E-state index contributed by atoms with van der Waals surface area (Å²) >= 11 is 0. The summed E-state index contributed by atoms with van der Waals surface area (Å²) in [5.74, 6) is -0.520. The topological polar surface area (TPSA) is 38.7 Å². The molecule has 1 N–H and O–H groups in total. The van der Waals surface area contributed by atoms with Crippen molar-refractivity contribution in [2.75, 3.05) is 6.61 Å². The summed E-state index contributed by atoms with van der Waals surface area (Å²) < 4.78 is 11.4. The summed E-state index contributed by atoms with van der Waals surface area (Å²) in [5.41, 5.74) is -0.202. The second kappa shape index (κ2) is 2.44. The van der Waals surface area contributed by atoms with E-state index in [0.29, 0.717) is 13.0 Å². The van der Waals surface area contributed by atoms with Crippen LogP contribution in [0.25, 0.3) is 0 Å². The number of aliphatic hydroxyl groups is 1. The van der Waals surface area contributed by atoms with Gasteiger partial charge in [0, 0.05) is 12.8 Å². The van der Waals surface area contributed by atoms with Crippen LogP contribution in [0.4, 0.5) is 0 Å². The van der Waals surface area contributed by atoms with E-state index in [4.69, 9.17) is 9.47 Å². The Balaban J connectivity index is 2.20. The first kappa shape index (κ1) is 8.48. The second-order valence-electron chi connectivity index (χ2n) is 4.12. The molecule has 0 saturated carbocycles. The van der Waals surface area contributed by atoms with Crippen molar-refractivity contribution < 1.29 is 14.6 Å². The predicted molar refractivity (Wildman–Crippen MR) is 43.7 cm³/mol. The van der Waals surface area contributed by atoms with Gasteiger partial charge < -0.3 is 14.6 Å². The number of hydrogen-bond donors (Lipinski definition) is 1. The van der Waals surface area contributed by atoms with Gasteiger partial charge in [0.15, 0.2) is 5.79 Å². The van der Waals surface area contributed by atoms with Crippen molar-refractivity contribution in [2.24, 2.45) is 0 Å². The average molecular weight is 172 g/mol. The van der Waals surface area contributed by atoms with Crippen molar-refractivity contribution in [1.82, 2.24) is 0 Å². The molecule has 0 aliphatic carbocycles. The molecule has 12 heavy (non-hydrogen) atoms. The van der Waals surface area contributed by atoms with Gasteiger partial charge in [0.2, 0.25) is 0 Å². The van der Waals surface area contributed by atoms with E-state index >= 15 is 0 Å². The molecular weight excluding hydrogens is 156 g/mol. The van der Waals surface area contributed by atoms with Crippen LogP contribution in [0.1, 0.15) is 33.1 Å². The summed E-state index contributed by atoms with van der Waals surface area (Å²) in [7, 11) is 0. The molecule has 2 aliphatic rings. The first-order valence-corrected chi connectivity index (χ1v) is 4.60. The quantitative estimate of drug-likeness (QED) is 0.642. The maximum atomic E-state index is 9.59. The molecular formula is C9H16O3. The number of fused-ring (bicyclic) bond motifs is 2. The molecule has 2 rings (SSSR count). The van der Waals surface area contributed by atoms with Crippen molar-refractivity contribution in [2.45, 2.75) is 50.6 Å². The lowest BCUT2D eigenvalue weighted by Gasteiger charge is -2.37. The van der Waals surface area contributed by atoms with Gasteiger partial charge in [-0.2, -0.15) is 0 Å². The van der Waals surface area contributed by atoms with Crippen LogP contribution in [0.15, 0.2) is 0 Å². The van der Waals surface area contributed by atoms with Gasteiger partial charge in [-0.3, -0.25) is 0 Å². The van der Waals surface area contributed by atoms with Crippen LogP contribution in [0.5, 0.6) is 0 Å². The van der Waals surface area contributed by atoms with Crippen molar-refractivity contribution in [3.63, 3.8) is 0 Å². The maximum absolute atomic E-state index is 9.59. The Kier molecular flexibility index (Phi) is 1.72. The third kappa shape index (κ3) is 1.16. The normalized spacial score (nSPS) is 52.8. The fourth-order valence-electron chi connectivity index (χ4n) is 2.25. The Labute approximate surface area is 72.7 Å². The van der Waals surface area contributed by atoms with E-state index < -0.39 is 5.79 Å². The lowest BCUT2D eigenvalue weighted by molar-refractivity contribution is -0.223. The summed E-state index contributed by atoms with van der Waals surface area (Å²) in [6, 6.07) is 0. The van der Waals surface area contributed by atoms with E-state index in [-0.39, 0.29) is 11.7 Å². The van der Waals surface area contributed by atoms with Gasteiger partial charge in [0.1, 0.15) is 0 Å². The van der Waals surface area contributed by atoms with Crippen LogP contribution in [-0.2, 0) is 9.47 Å². The molecule has 3 heteroatoms. The van der Waals surface area contributed by atoms with E-state index in [9.17, 15) is 5.11 Å². The van der Waals surface area contributed by atoms with Crippen molar-refractivity contribution in [3.05, 3.63) is 0 Å². The standard InChI is InChI=1S/C9H16O3/c1-3-9-5-7(10)4-8(2,12-9)11-6-9/h7,10H,3-6H2,1-2H3/t7-,8-,9+/m0/s1. The Bertz CT molecular complexity index is 194. The fraction of sp³-hybridized carbons (Fsp3) is 1.00. The molecule has 2 heterocycles. The lowest BCUT2D eigenvalue weighted by Crippen LogP contribution is -2.45. The zero-order chi connectivity index (χ0) is 8.82. The first-order valence-electron chi connectivity index (χ1n) is 4.60. The number of aliphatic hydroxyl groups excluding tert-OH is 1. The highest BCUT2D eigenvalue weighted by Gasteiger charge is 2.52. The highest BCUT2D eigenvalue weighted by Crippen LogP contribution is 2.44. The molecule has 0 aromatic rings. The van der Waals surface area contributed by atoms with E-state index in [1.807, 2.05) is 6.92 Å². The minimum atomic E-state index is -0.520. The van der Waals surface area contributed by atoms with Gasteiger partial charge in [-0.05, 0) is 13.3 Å². The zero-order valence-corrected chi connectivity index (χ0v) is 7.67. The number of rotatable bonds is 1. The molecule has 2 saturated heterocycles. The van der Waals surface area contributed by atoms with Gasteiger partial charge in [-0.15, -0.1) is 0 Å². The molecule has 0 amide bonds. The molecule has 0 aromatic carbocycles. The van der Waals surface area contributed by atoms with Crippen molar-refractivity contribution in [1.29, 1.82) is 0 Å². The minimum absolute atomic E-state index is 0.202. The fourth-order valence-corrected chi connectivity index (χ4v) is 2.25. The molecule has 0 spiro atoms. The van der Waals surface area contributed by atoms with Crippen molar-refractivity contribution >= 4 is 0 Å². The van der Waals surface area contributed by atoms with Gasteiger partial charge >= 0.3 is 0 Å². The summed E-state index contributed by atoms with van der Waals surface area (Å²) in [4.78, 5) is 0. The second-order valence-corrected chi connectivity index (χ2v) is 4.12. The average Bonchev–Trinajstić information content (AvgIpc) is 2.23. The van der Waals surface area contributed by atoms with E-state index in [2.05, 4.69) is 6.92 Å². The maximum Gasteiger partial charge on any atom is 0.168 e. The lowest BCUT2D eigenvalue weighted by atomic mass is 9.89. The smallest absolute Gasteiger partial charge is 0.168 e. The summed E-state index contributed by atoms with van der Waals surface area (Å²) in [6.07, 6.45) is 1.99. The Morgan fingerprint density at radius 1 is 1.50 bits per heavy atom. The van der Waals surface area contributed by atoms with Gasteiger partial charge in [-0.25, -0.2) is 0 Å². The van der Waals surface area contributed by atoms with Crippen LogP contribution >= 0.6 is 0 Å². The minimum Gasteiger partial charge on any atom is -0.393 e. The monoisotopic (exact) mass is 172 g/mol. The largest absolute Gasteiger partial charge is 0.393 e. The molecule has 0 aromatic heterocycles. The molecule has 3 atom stereocenters. The van der Waals surface area contributed by atoms with Crippen LogP contribution < -0.4 is 0 Å². The molecule has 0 radical (unpaired) electrons. The van der Waals surface area contributed by atoms with Crippen molar-refractivity contribution in [3.8, 4) is 0 Å². The van der Waals surface area contributed by atoms with Gasteiger partial charge in [0.25, 0.3) is 0 Å². The highest BCUT2D eigenvalue weighted by molar-refractivity contribution is 4.96. The molecule has 2 fully saturated rings. The number of hydrogen-bond acceptors (Lipinski definition) is 3. The van der Waals surface area contributed by atoms with Gasteiger partial charge in [-0.1, -0.05) is 6.92 Å². The highest BCUT2D eigenvalue weighted by atomic mass is 16.8. The third-order valence-corrected chi connectivity index (χ3v) is 2.93. The van der Waals surface area contributed by atoms with Crippen LogP contribution in [0, 0.1) is 0 Å². The van der Waals surface area contributed by atoms with E-state index in [1.165, 1.54) is 0 Å². The van der Waals surface area contributed by atoms with Crippen LogP contribution in [0.2, 0.25) is 0 Å². The Morgan fingerprint density at radius 3 is 2.92 bits per heavy atom. The number of ether oxygens (including phenoxy) is 2. The van der Waals surface area contributed by atoms with Crippen LogP contribution in [-0.4, -0.2) is 29.2 Å². The summed E-state index contributed by atoms with van der Waals surface area (Å²) in [6.45, 7) is 4.62. The predicted octanol–water partition coefficient (Wildman–Crippen LogP) is 1.05. The van der Waals surface area contributed by atoms with E-state index in [1.54, 1.807) is 0 Å². The first-order chi connectivity index (χ1) is 5.58. The van der Waals surface area contributed by atoms with E-state index in [0.717, 1.165) is 12.8 Å². The van der Waals surface area contributed by atoms with Gasteiger partial charge in [0.05, 0.1) is 18.3 Å². The molecule has 3 nitrogen and oxygen atoms in total.